The van der Waals surface area contributed by atoms with Crippen LogP contribution in [0.15, 0.2) is 12.4 Å². The van der Waals surface area contributed by atoms with Gasteiger partial charge in [-0.15, -0.1) is 0 Å². The van der Waals surface area contributed by atoms with Crippen LogP contribution in [0, 0.1) is 0 Å². The van der Waals surface area contributed by atoms with Crippen LogP contribution < -0.4 is 9.47 Å². The molecule has 0 amide bonds. The monoisotopic (exact) mass is 176 g/mol. The van der Waals surface area contributed by atoms with Gasteiger partial charge in [0, 0.05) is 0 Å². The molecule has 1 aromatic rings. The fourth-order valence-corrected chi connectivity index (χ4v) is 0.590. The molecule has 0 aromatic carbocycles. The molecule has 1 rings (SSSR count). The number of halogens is 2. The Morgan fingerprint density at radius 3 is 2.58 bits per heavy atom. The molecule has 1 aromatic heterocycles. The van der Waals surface area contributed by atoms with Gasteiger partial charge >= 0.3 is 6.61 Å². The summed E-state index contributed by atoms with van der Waals surface area (Å²) in [7, 11) is 1.37. The highest BCUT2D eigenvalue weighted by Crippen LogP contribution is 2.14. The summed E-state index contributed by atoms with van der Waals surface area (Å²) >= 11 is 0. The lowest BCUT2D eigenvalue weighted by Gasteiger charge is -2.03. The van der Waals surface area contributed by atoms with E-state index in [9.17, 15) is 8.78 Å². The van der Waals surface area contributed by atoms with E-state index in [0.29, 0.717) is 0 Å². The Balaban J connectivity index is 2.72. The Morgan fingerprint density at radius 2 is 2.00 bits per heavy atom. The SMILES string of the molecule is COc1cc(OC(F)F)ncn1. The molecule has 66 valence electrons. The number of alkyl halides is 2. The molecule has 0 spiro atoms. The van der Waals surface area contributed by atoms with Crippen molar-refractivity contribution in [3.63, 3.8) is 0 Å². The molecular formula is C6H6F2N2O2. The van der Waals surface area contributed by atoms with Crippen molar-refractivity contribution < 1.29 is 18.3 Å². The van der Waals surface area contributed by atoms with Crippen LogP contribution in [0.1, 0.15) is 0 Å². The topological polar surface area (TPSA) is 44.2 Å². The molecule has 0 unspecified atom stereocenters. The number of hydrogen-bond acceptors (Lipinski definition) is 4. The molecule has 0 saturated carbocycles. The van der Waals surface area contributed by atoms with Crippen LogP contribution in [-0.4, -0.2) is 23.7 Å². The maximum atomic E-state index is 11.6. The Hall–Kier alpha value is -1.46. The minimum absolute atomic E-state index is 0.181. The number of aromatic nitrogens is 2. The number of ether oxygens (including phenoxy) is 2. The molecule has 1 heterocycles. The largest absolute Gasteiger partial charge is 0.481 e. The van der Waals surface area contributed by atoms with Crippen molar-refractivity contribution >= 4 is 0 Å². The molecule has 0 saturated heterocycles. The van der Waals surface area contributed by atoms with Crippen LogP contribution >= 0.6 is 0 Å². The fourth-order valence-electron chi connectivity index (χ4n) is 0.590. The second-order valence-electron chi connectivity index (χ2n) is 1.78. The quantitative estimate of drug-likeness (QED) is 0.691. The van der Waals surface area contributed by atoms with Gasteiger partial charge in [0.2, 0.25) is 11.8 Å². The normalized spacial score (nSPS) is 10.0. The first-order valence-corrected chi connectivity index (χ1v) is 3.03. The molecule has 0 aliphatic heterocycles. The van der Waals surface area contributed by atoms with Crippen molar-refractivity contribution in [3.8, 4) is 11.8 Å². The van der Waals surface area contributed by atoms with E-state index in [-0.39, 0.29) is 11.8 Å². The third-order valence-electron chi connectivity index (χ3n) is 1.04. The van der Waals surface area contributed by atoms with Crippen molar-refractivity contribution in [1.29, 1.82) is 0 Å². The maximum absolute atomic E-state index is 11.6. The summed E-state index contributed by atoms with van der Waals surface area (Å²) in [6.45, 7) is -2.88. The fraction of sp³-hybridized carbons (Fsp3) is 0.333. The summed E-state index contributed by atoms with van der Waals surface area (Å²) in [6, 6.07) is 1.17. The van der Waals surface area contributed by atoms with Crippen LogP contribution in [0.3, 0.4) is 0 Å². The van der Waals surface area contributed by atoms with Crippen LogP contribution in [0.4, 0.5) is 8.78 Å². The minimum Gasteiger partial charge on any atom is -0.481 e. The zero-order valence-electron chi connectivity index (χ0n) is 6.20. The molecule has 0 fully saturated rings. The molecule has 4 nitrogen and oxygen atoms in total. The zero-order valence-corrected chi connectivity index (χ0v) is 6.20. The first-order chi connectivity index (χ1) is 5.72. The van der Waals surface area contributed by atoms with Gasteiger partial charge in [-0.1, -0.05) is 0 Å². The Morgan fingerprint density at radius 1 is 1.33 bits per heavy atom. The van der Waals surface area contributed by atoms with Gasteiger partial charge in [-0.25, -0.2) is 9.97 Å². The van der Waals surface area contributed by atoms with E-state index in [0.717, 1.165) is 6.33 Å². The van der Waals surface area contributed by atoms with Gasteiger partial charge < -0.3 is 9.47 Å². The van der Waals surface area contributed by atoms with E-state index in [2.05, 4.69) is 19.4 Å². The van der Waals surface area contributed by atoms with Crippen LogP contribution in [0.25, 0.3) is 0 Å². The van der Waals surface area contributed by atoms with Gasteiger partial charge in [0.15, 0.2) is 0 Å². The van der Waals surface area contributed by atoms with Gasteiger partial charge in [-0.05, 0) is 0 Å². The average molecular weight is 176 g/mol. The standard InChI is InChI=1S/C6H6F2N2O2/c1-11-4-2-5(10-3-9-4)12-6(7)8/h2-3,6H,1H3. The van der Waals surface area contributed by atoms with Crippen molar-refractivity contribution in [2.24, 2.45) is 0 Å². The molecule has 0 radical (unpaired) electrons. The van der Waals surface area contributed by atoms with E-state index in [4.69, 9.17) is 0 Å². The third kappa shape index (κ3) is 2.30. The summed E-state index contributed by atoms with van der Waals surface area (Å²) in [5, 5.41) is 0. The number of rotatable bonds is 3. The van der Waals surface area contributed by atoms with Crippen molar-refractivity contribution in [1.82, 2.24) is 9.97 Å². The van der Waals surface area contributed by atoms with Gasteiger partial charge in [0.05, 0.1) is 13.2 Å². The number of methoxy groups -OCH3 is 1. The lowest BCUT2D eigenvalue weighted by Crippen LogP contribution is -2.03. The van der Waals surface area contributed by atoms with E-state index in [1.165, 1.54) is 13.2 Å². The third-order valence-corrected chi connectivity index (χ3v) is 1.04. The summed E-state index contributed by atoms with van der Waals surface area (Å²) in [4.78, 5) is 7.04. The van der Waals surface area contributed by atoms with Crippen LogP contribution in [0.5, 0.6) is 11.8 Å². The van der Waals surface area contributed by atoms with Gasteiger partial charge in [0.25, 0.3) is 0 Å². The molecule has 0 N–H and O–H groups in total. The van der Waals surface area contributed by atoms with E-state index < -0.39 is 6.61 Å². The first kappa shape index (κ1) is 8.63. The Kier molecular flexibility index (Phi) is 2.73. The Bertz CT molecular complexity index is 257. The molecule has 0 aliphatic rings. The summed E-state index contributed by atoms with van der Waals surface area (Å²) in [6.07, 6.45) is 1.08. The molecule has 0 aliphatic carbocycles. The van der Waals surface area contributed by atoms with Crippen LogP contribution in [-0.2, 0) is 0 Å². The summed E-state index contributed by atoms with van der Waals surface area (Å²) in [5.41, 5.74) is 0. The predicted octanol–water partition coefficient (Wildman–Crippen LogP) is 1.09. The molecule has 0 bridgehead atoms. The highest BCUT2D eigenvalue weighted by molar-refractivity contribution is 5.17. The maximum Gasteiger partial charge on any atom is 0.388 e. The van der Waals surface area contributed by atoms with Gasteiger partial charge in [0.1, 0.15) is 6.33 Å². The van der Waals surface area contributed by atoms with Crippen molar-refractivity contribution in [2.45, 2.75) is 6.61 Å². The molecule has 6 heteroatoms. The average Bonchev–Trinajstić information content (AvgIpc) is 2.03. The lowest BCUT2D eigenvalue weighted by atomic mass is 10.6. The number of nitrogens with zero attached hydrogens (tertiary/aromatic N) is 2. The predicted molar refractivity (Wildman–Crippen MR) is 35.2 cm³/mol. The van der Waals surface area contributed by atoms with E-state index in [1.807, 2.05) is 0 Å². The molecular weight excluding hydrogens is 170 g/mol. The molecule has 12 heavy (non-hydrogen) atoms. The second kappa shape index (κ2) is 3.80. The molecule has 0 atom stereocenters. The van der Waals surface area contributed by atoms with Crippen molar-refractivity contribution in [2.75, 3.05) is 7.11 Å². The highest BCUT2D eigenvalue weighted by atomic mass is 19.3. The van der Waals surface area contributed by atoms with Crippen molar-refractivity contribution in [3.05, 3.63) is 12.4 Å². The number of hydrogen-bond donors (Lipinski definition) is 0. The van der Waals surface area contributed by atoms with E-state index >= 15 is 0 Å². The van der Waals surface area contributed by atoms with Crippen LogP contribution in [0.2, 0.25) is 0 Å². The zero-order chi connectivity index (χ0) is 8.97. The Labute approximate surface area is 67.2 Å². The lowest BCUT2D eigenvalue weighted by molar-refractivity contribution is -0.0530. The first-order valence-electron chi connectivity index (χ1n) is 3.03. The summed E-state index contributed by atoms with van der Waals surface area (Å²) < 4.78 is 31.9. The minimum atomic E-state index is -2.88. The van der Waals surface area contributed by atoms with E-state index in [1.54, 1.807) is 0 Å². The second-order valence-corrected chi connectivity index (χ2v) is 1.78. The smallest absolute Gasteiger partial charge is 0.388 e. The van der Waals surface area contributed by atoms with Gasteiger partial charge in [-0.2, -0.15) is 8.78 Å². The highest BCUT2D eigenvalue weighted by Gasteiger charge is 2.06. The van der Waals surface area contributed by atoms with Gasteiger partial charge in [-0.3, -0.25) is 0 Å². The summed E-state index contributed by atoms with van der Waals surface area (Å²) in [5.74, 6) is -0.0301.